The maximum atomic E-state index is 11.4. The third-order valence-corrected chi connectivity index (χ3v) is 2.52. The highest BCUT2D eigenvalue weighted by Gasteiger charge is 2.22. The zero-order chi connectivity index (χ0) is 13.7. The first kappa shape index (κ1) is 14.4. The molecule has 2 atom stereocenters. The van der Waals surface area contributed by atoms with Gasteiger partial charge in [-0.1, -0.05) is 0 Å². The van der Waals surface area contributed by atoms with Crippen molar-refractivity contribution in [2.45, 2.75) is 12.2 Å². The van der Waals surface area contributed by atoms with Crippen molar-refractivity contribution in [3.8, 4) is 5.75 Å². The third-order valence-electron chi connectivity index (χ3n) is 2.52. The van der Waals surface area contributed by atoms with E-state index < -0.39 is 24.8 Å². The van der Waals surface area contributed by atoms with E-state index >= 15 is 0 Å². The van der Waals surface area contributed by atoms with E-state index in [0.29, 0.717) is 5.75 Å². The summed E-state index contributed by atoms with van der Waals surface area (Å²) < 4.78 is 9.58. The molecule has 0 heterocycles. The number of aliphatic hydroxyl groups excluding tert-OH is 3. The number of aliphatic hydroxyl groups is 3. The van der Waals surface area contributed by atoms with Crippen molar-refractivity contribution >= 4 is 5.97 Å². The van der Waals surface area contributed by atoms with Crippen LogP contribution in [0.2, 0.25) is 0 Å². The van der Waals surface area contributed by atoms with Crippen LogP contribution in [0.1, 0.15) is 22.0 Å². The molecule has 0 aliphatic heterocycles. The lowest BCUT2D eigenvalue weighted by Crippen LogP contribution is -2.22. The minimum Gasteiger partial charge on any atom is -0.496 e. The zero-order valence-corrected chi connectivity index (χ0v) is 10.2. The number of hydrogen-bond acceptors (Lipinski definition) is 6. The summed E-state index contributed by atoms with van der Waals surface area (Å²) in [6.07, 6.45) is -2.71. The standard InChI is InChI=1S/C12H16O6/c1-17-10-4-3-7(12(16)18-2)5-8(10)11(15)9(14)6-13/h3-5,9,11,13-15H,6H2,1-2H3. The molecule has 6 heteroatoms. The fourth-order valence-electron chi connectivity index (χ4n) is 1.52. The Morgan fingerprint density at radius 3 is 2.50 bits per heavy atom. The average molecular weight is 256 g/mol. The van der Waals surface area contributed by atoms with Crippen LogP contribution in [0.25, 0.3) is 0 Å². The van der Waals surface area contributed by atoms with Gasteiger partial charge in [0.25, 0.3) is 0 Å². The molecule has 0 spiro atoms. The molecule has 1 rings (SSSR count). The lowest BCUT2D eigenvalue weighted by molar-refractivity contribution is -0.0162. The molecule has 0 bridgehead atoms. The maximum Gasteiger partial charge on any atom is 0.337 e. The number of carbonyl (C=O) groups is 1. The van der Waals surface area contributed by atoms with Crippen LogP contribution in [-0.4, -0.2) is 48.2 Å². The second-order valence-electron chi connectivity index (χ2n) is 3.64. The van der Waals surface area contributed by atoms with Gasteiger partial charge in [-0.15, -0.1) is 0 Å². The van der Waals surface area contributed by atoms with Crippen molar-refractivity contribution in [2.75, 3.05) is 20.8 Å². The molecule has 1 aromatic rings. The fraction of sp³-hybridized carbons (Fsp3) is 0.417. The topological polar surface area (TPSA) is 96.2 Å². The van der Waals surface area contributed by atoms with Gasteiger partial charge in [0, 0.05) is 5.56 Å². The Morgan fingerprint density at radius 1 is 1.33 bits per heavy atom. The molecule has 0 saturated carbocycles. The van der Waals surface area contributed by atoms with Crippen LogP contribution in [0, 0.1) is 0 Å². The monoisotopic (exact) mass is 256 g/mol. The highest BCUT2D eigenvalue weighted by Crippen LogP contribution is 2.28. The van der Waals surface area contributed by atoms with E-state index in [9.17, 15) is 15.0 Å². The Bertz CT molecular complexity index is 417. The zero-order valence-electron chi connectivity index (χ0n) is 10.2. The molecule has 2 unspecified atom stereocenters. The van der Waals surface area contributed by atoms with Gasteiger partial charge in [-0.2, -0.15) is 0 Å². The van der Waals surface area contributed by atoms with Gasteiger partial charge < -0.3 is 24.8 Å². The van der Waals surface area contributed by atoms with Crippen LogP contribution >= 0.6 is 0 Å². The van der Waals surface area contributed by atoms with E-state index in [1.807, 2.05) is 0 Å². The Balaban J connectivity index is 3.17. The van der Waals surface area contributed by atoms with Crippen LogP contribution in [0.3, 0.4) is 0 Å². The molecule has 0 aromatic heterocycles. The smallest absolute Gasteiger partial charge is 0.337 e. The number of rotatable bonds is 5. The summed E-state index contributed by atoms with van der Waals surface area (Å²) in [6.45, 7) is -0.604. The summed E-state index contributed by atoms with van der Waals surface area (Å²) in [6, 6.07) is 4.31. The number of hydrogen-bond donors (Lipinski definition) is 3. The summed E-state index contributed by atoms with van der Waals surface area (Å²) in [7, 11) is 2.64. The largest absolute Gasteiger partial charge is 0.496 e. The number of esters is 1. The lowest BCUT2D eigenvalue weighted by atomic mass is 10.0. The molecular weight excluding hydrogens is 240 g/mol. The van der Waals surface area contributed by atoms with Crippen LogP contribution < -0.4 is 4.74 Å². The van der Waals surface area contributed by atoms with Crippen molar-refractivity contribution in [1.82, 2.24) is 0 Å². The van der Waals surface area contributed by atoms with Crippen LogP contribution in [0.5, 0.6) is 5.75 Å². The normalized spacial score (nSPS) is 13.8. The number of ether oxygens (including phenoxy) is 2. The van der Waals surface area contributed by atoms with Gasteiger partial charge in [0.15, 0.2) is 0 Å². The Labute approximate surface area is 104 Å². The number of benzene rings is 1. The predicted octanol–water partition coefficient (Wildman–Crippen LogP) is -0.132. The molecule has 6 nitrogen and oxygen atoms in total. The van der Waals surface area contributed by atoms with Crippen molar-refractivity contribution in [1.29, 1.82) is 0 Å². The van der Waals surface area contributed by atoms with Gasteiger partial charge in [0.2, 0.25) is 0 Å². The Morgan fingerprint density at radius 2 is 2.00 bits per heavy atom. The summed E-state index contributed by atoms with van der Waals surface area (Å²) in [4.78, 5) is 11.4. The van der Waals surface area contributed by atoms with E-state index in [1.54, 1.807) is 0 Å². The third kappa shape index (κ3) is 2.98. The van der Waals surface area contributed by atoms with Gasteiger partial charge in [-0.25, -0.2) is 4.79 Å². The van der Waals surface area contributed by atoms with Crippen molar-refractivity contribution in [3.05, 3.63) is 29.3 Å². The van der Waals surface area contributed by atoms with E-state index in [2.05, 4.69) is 4.74 Å². The number of carbonyl (C=O) groups excluding carboxylic acids is 1. The quantitative estimate of drug-likeness (QED) is 0.635. The van der Waals surface area contributed by atoms with Crippen LogP contribution in [-0.2, 0) is 4.74 Å². The molecular formula is C12H16O6. The second kappa shape index (κ2) is 6.34. The van der Waals surface area contributed by atoms with Crippen LogP contribution in [0.4, 0.5) is 0 Å². The molecule has 0 radical (unpaired) electrons. The molecule has 3 N–H and O–H groups in total. The second-order valence-corrected chi connectivity index (χ2v) is 3.64. The highest BCUT2D eigenvalue weighted by atomic mass is 16.5. The first-order valence-corrected chi connectivity index (χ1v) is 5.28. The fourth-order valence-corrected chi connectivity index (χ4v) is 1.52. The average Bonchev–Trinajstić information content (AvgIpc) is 2.43. The van der Waals surface area contributed by atoms with E-state index in [-0.39, 0.29) is 11.1 Å². The Hall–Kier alpha value is -1.63. The van der Waals surface area contributed by atoms with Crippen molar-refractivity contribution in [2.24, 2.45) is 0 Å². The van der Waals surface area contributed by atoms with E-state index in [0.717, 1.165) is 0 Å². The number of methoxy groups -OCH3 is 2. The first-order chi connectivity index (χ1) is 8.54. The van der Waals surface area contributed by atoms with Crippen molar-refractivity contribution < 1.29 is 29.6 Å². The van der Waals surface area contributed by atoms with Gasteiger partial charge >= 0.3 is 5.97 Å². The molecule has 0 aliphatic carbocycles. The minimum absolute atomic E-state index is 0.210. The summed E-state index contributed by atoms with van der Waals surface area (Å²) in [5.41, 5.74) is 0.430. The van der Waals surface area contributed by atoms with Gasteiger partial charge in [0.1, 0.15) is 18.0 Å². The SMILES string of the molecule is COC(=O)c1ccc(OC)c(C(O)C(O)CO)c1. The van der Waals surface area contributed by atoms with Crippen LogP contribution in [0.15, 0.2) is 18.2 Å². The summed E-state index contributed by atoms with van der Waals surface area (Å²) in [5, 5.41) is 28.1. The molecule has 0 saturated heterocycles. The molecule has 0 fully saturated rings. The lowest BCUT2D eigenvalue weighted by Gasteiger charge is -2.19. The summed E-state index contributed by atoms with van der Waals surface area (Å²) >= 11 is 0. The maximum absolute atomic E-state index is 11.4. The molecule has 1 aromatic carbocycles. The van der Waals surface area contributed by atoms with E-state index in [4.69, 9.17) is 9.84 Å². The Kier molecular flexibility index (Phi) is 5.08. The summed E-state index contributed by atoms with van der Waals surface area (Å²) in [5.74, 6) is -0.257. The van der Waals surface area contributed by atoms with Gasteiger partial charge in [-0.3, -0.25) is 0 Å². The van der Waals surface area contributed by atoms with Crippen molar-refractivity contribution in [3.63, 3.8) is 0 Å². The van der Waals surface area contributed by atoms with E-state index in [1.165, 1.54) is 32.4 Å². The minimum atomic E-state index is -1.35. The first-order valence-electron chi connectivity index (χ1n) is 5.28. The molecule has 0 aliphatic rings. The molecule has 0 amide bonds. The van der Waals surface area contributed by atoms with Gasteiger partial charge in [-0.05, 0) is 18.2 Å². The molecule has 18 heavy (non-hydrogen) atoms. The highest BCUT2D eigenvalue weighted by molar-refractivity contribution is 5.89. The van der Waals surface area contributed by atoms with Gasteiger partial charge in [0.05, 0.1) is 26.4 Å². The molecule has 100 valence electrons. The predicted molar refractivity (Wildman–Crippen MR) is 62.4 cm³/mol.